The maximum Gasteiger partial charge on any atom is 0.434 e. The number of rotatable bonds is 9. The normalized spacial score (nSPS) is 22.8. The summed E-state index contributed by atoms with van der Waals surface area (Å²) in [4.78, 5) is 28.1. The summed E-state index contributed by atoms with van der Waals surface area (Å²) in [5, 5.41) is 10.0. The van der Waals surface area contributed by atoms with Crippen molar-refractivity contribution in [1.82, 2.24) is 5.06 Å². The molecule has 1 aliphatic carbocycles. The van der Waals surface area contributed by atoms with Gasteiger partial charge in [-0.25, -0.2) is 4.79 Å². The molecule has 1 unspecified atom stereocenters. The van der Waals surface area contributed by atoms with Gasteiger partial charge in [0.2, 0.25) is 0 Å². The molecule has 2 aliphatic rings. The van der Waals surface area contributed by atoms with E-state index in [1.165, 1.54) is 24.3 Å². The number of hydrogen-bond donors (Lipinski definition) is 1. The van der Waals surface area contributed by atoms with Gasteiger partial charge in [0.25, 0.3) is 0 Å². The van der Waals surface area contributed by atoms with Crippen molar-refractivity contribution in [3.8, 4) is 0 Å². The van der Waals surface area contributed by atoms with Crippen LogP contribution < -0.4 is 0 Å². The van der Waals surface area contributed by atoms with Gasteiger partial charge in [-0.1, -0.05) is 38.5 Å². The van der Waals surface area contributed by atoms with E-state index < -0.39 is 5.97 Å². The molecule has 0 radical (unpaired) electrons. The van der Waals surface area contributed by atoms with Crippen LogP contribution in [0.5, 0.6) is 0 Å². The van der Waals surface area contributed by atoms with Gasteiger partial charge >= 0.3 is 12.1 Å². The molecule has 6 heteroatoms. The van der Waals surface area contributed by atoms with E-state index in [9.17, 15) is 9.59 Å². The summed E-state index contributed by atoms with van der Waals surface area (Å²) in [5.41, 5.74) is 0. The third kappa shape index (κ3) is 5.48. The molecule has 1 amide bonds. The minimum absolute atomic E-state index is 0.00824. The molecule has 1 saturated carbocycles. The highest BCUT2D eigenvalue weighted by Gasteiger charge is 2.35. The number of amides is 1. The Morgan fingerprint density at radius 3 is 2.64 bits per heavy atom. The summed E-state index contributed by atoms with van der Waals surface area (Å²) in [5.74, 6) is -0.734. The summed E-state index contributed by atoms with van der Waals surface area (Å²) in [6, 6.07) is 0.00824. The van der Waals surface area contributed by atoms with Crippen molar-refractivity contribution in [3.63, 3.8) is 0 Å². The fourth-order valence-corrected chi connectivity index (χ4v) is 3.12. The van der Waals surface area contributed by atoms with Crippen molar-refractivity contribution in [3.05, 3.63) is 0 Å². The number of hydroxylamine groups is 2. The van der Waals surface area contributed by atoms with E-state index in [-0.39, 0.29) is 24.7 Å². The third-order valence-corrected chi connectivity index (χ3v) is 4.40. The van der Waals surface area contributed by atoms with Gasteiger partial charge in [-0.2, -0.15) is 5.06 Å². The maximum absolute atomic E-state index is 11.8. The van der Waals surface area contributed by atoms with Crippen LogP contribution in [0.1, 0.15) is 70.6 Å². The first kappa shape index (κ1) is 17.1. The van der Waals surface area contributed by atoms with Crippen molar-refractivity contribution in [2.45, 2.75) is 82.8 Å². The lowest BCUT2D eigenvalue weighted by Gasteiger charge is -2.28. The van der Waals surface area contributed by atoms with Gasteiger partial charge in [-0.3, -0.25) is 9.63 Å². The molecule has 0 aromatic heterocycles. The lowest BCUT2D eigenvalue weighted by Crippen LogP contribution is -2.38. The number of hydrogen-bond acceptors (Lipinski definition) is 4. The van der Waals surface area contributed by atoms with Crippen LogP contribution >= 0.6 is 0 Å². The highest BCUT2D eigenvalue weighted by Crippen LogP contribution is 2.26. The Balaban J connectivity index is 1.65. The van der Waals surface area contributed by atoms with Crippen molar-refractivity contribution < 1.29 is 24.3 Å². The number of aliphatic carboxylic acids is 1. The predicted octanol–water partition coefficient (Wildman–Crippen LogP) is 3.50. The lowest BCUT2D eigenvalue weighted by molar-refractivity contribution is -0.180. The minimum Gasteiger partial charge on any atom is -0.481 e. The Morgan fingerprint density at radius 2 is 1.91 bits per heavy atom. The lowest BCUT2D eigenvalue weighted by atomic mass is 9.98. The zero-order valence-electron chi connectivity index (χ0n) is 13.2. The van der Waals surface area contributed by atoms with Crippen LogP contribution in [0.2, 0.25) is 0 Å². The zero-order valence-corrected chi connectivity index (χ0v) is 13.2. The maximum atomic E-state index is 11.8. The van der Waals surface area contributed by atoms with Crippen LogP contribution in [0.25, 0.3) is 0 Å². The summed E-state index contributed by atoms with van der Waals surface area (Å²) >= 11 is 0. The Morgan fingerprint density at radius 1 is 1.18 bits per heavy atom. The fourth-order valence-electron chi connectivity index (χ4n) is 3.12. The summed E-state index contributed by atoms with van der Waals surface area (Å²) in [7, 11) is 0. The van der Waals surface area contributed by atoms with Crippen molar-refractivity contribution in [2.75, 3.05) is 6.61 Å². The summed E-state index contributed by atoms with van der Waals surface area (Å²) in [6.45, 7) is 0.403. The van der Waals surface area contributed by atoms with Crippen molar-refractivity contribution in [2.24, 2.45) is 0 Å². The van der Waals surface area contributed by atoms with E-state index in [1.54, 1.807) is 0 Å². The minimum atomic E-state index is -0.734. The van der Waals surface area contributed by atoms with Gasteiger partial charge in [0.1, 0.15) is 6.61 Å². The average molecular weight is 313 g/mol. The molecule has 0 bridgehead atoms. The first-order valence-corrected chi connectivity index (χ1v) is 8.51. The third-order valence-electron chi connectivity index (χ3n) is 4.40. The number of carbonyl (C=O) groups is 2. The first-order chi connectivity index (χ1) is 10.7. The van der Waals surface area contributed by atoms with Crippen LogP contribution in [0, 0.1) is 0 Å². The number of nitrogens with zero attached hydrogens (tertiary/aromatic N) is 1. The SMILES string of the molecule is O=C(O)CCCCCCC1COC(=O)N1OC1CCCCC1. The number of carboxylic acid groups (broad SMARTS) is 1. The second kappa shape index (κ2) is 8.98. The fraction of sp³-hybridized carbons (Fsp3) is 0.875. The second-order valence-corrected chi connectivity index (χ2v) is 6.27. The molecule has 22 heavy (non-hydrogen) atoms. The van der Waals surface area contributed by atoms with E-state index in [2.05, 4.69) is 0 Å². The Kier molecular flexibility index (Phi) is 6.96. The highest BCUT2D eigenvalue weighted by atomic mass is 16.7. The van der Waals surface area contributed by atoms with Gasteiger partial charge in [-0.05, 0) is 25.7 Å². The smallest absolute Gasteiger partial charge is 0.434 e. The Bertz CT molecular complexity index is 368. The molecule has 126 valence electrons. The molecule has 1 N–H and O–H groups in total. The monoisotopic (exact) mass is 313 g/mol. The molecule has 1 atom stereocenters. The molecular formula is C16H27NO5. The van der Waals surface area contributed by atoms with Gasteiger partial charge in [0.05, 0.1) is 12.1 Å². The molecule has 2 fully saturated rings. The number of cyclic esters (lactones) is 1. The van der Waals surface area contributed by atoms with Gasteiger partial charge < -0.3 is 9.84 Å². The molecule has 0 aromatic rings. The summed E-state index contributed by atoms with van der Waals surface area (Å²) < 4.78 is 5.11. The number of unbranched alkanes of at least 4 members (excludes halogenated alkanes) is 3. The van der Waals surface area contributed by atoms with Crippen molar-refractivity contribution >= 4 is 12.1 Å². The Labute approximate surface area is 131 Å². The van der Waals surface area contributed by atoms with Crippen LogP contribution in [0.3, 0.4) is 0 Å². The van der Waals surface area contributed by atoms with Crippen LogP contribution in [-0.2, 0) is 14.4 Å². The average Bonchev–Trinajstić information content (AvgIpc) is 2.84. The molecule has 2 rings (SSSR count). The van der Waals surface area contributed by atoms with Gasteiger partial charge in [0.15, 0.2) is 0 Å². The van der Waals surface area contributed by atoms with Gasteiger partial charge in [0, 0.05) is 6.42 Å². The predicted molar refractivity (Wildman–Crippen MR) is 80.3 cm³/mol. The number of carbonyl (C=O) groups excluding carboxylic acids is 1. The number of carboxylic acids is 1. The molecule has 6 nitrogen and oxygen atoms in total. The highest BCUT2D eigenvalue weighted by molar-refractivity contribution is 5.68. The van der Waals surface area contributed by atoms with Crippen LogP contribution in [0.4, 0.5) is 4.79 Å². The zero-order chi connectivity index (χ0) is 15.8. The summed E-state index contributed by atoms with van der Waals surface area (Å²) in [6.07, 6.45) is 10.1. The molecule has 0 spiro atoms. The Hall–Kier alpha value is -1.30. The van der Waals surface area contributed by atoms with E-state index >= 15 is 0 Å². The quantitative estimate of drug-likeness (QED) is 0.659. The standard InChI is InChI=1S/C16H27NO5/c18-15(19)11-7-2-1-4-8-13-12-21-16(20)17(13)22-14-9-5-3-6-10-14/h13-14H,1-12H2,(H,18,19). The molecule has 1 heterocycles. The second-order valence-electron chi connectivity index (χ2n) is 6.27. The van der Waals surface area contributed by atoms with E-state index in [0.717, 1.165) is 44.9 Å². The van der Waals surface area contributed by atoms with E-state index in [1.807, 2.05) is 0 Å². The van der Waals surface area contributed by atoms with Crippen LogP contribution in [0.15, 0.2) is 0 Å². The topological polar surface area (TPSA) is 76.1 Å². The molecule has 0 aromatic carbocycles. The first-order valence-electron chi connectivity index (χ1n) is 8.51. The van der Waals surface area contributed by atoms with Crippen LogP contribution in [-0.4, -0.2) is 41.0 Å². The largest absolute Gasteiger partial charge is 0.481 e. The van der Waals surface area contributed by atoms with E-state index in [0.29, 0.717) is 6.61 Å². The molecule has 1 saturated heterocycles. The molecule has 1 aliphatic heterocycles. The number of ether oxygens (including phenoxy) is 1. The van der Waals surface area contributed by atoms with Crippen molar-refractivity contribution in [1.29, 1.82) is 0 Å². The van der Waals surface area contributed by atoms with Gasteiger partial charge in [-0.15, -0.1) is 0 Å². The van der Waals surface area contributed by atoms with E-state index in [4.69, 9.17) is 14.7 Å². The molecular weight excluding hydrogens is 286 g/mol.